The topological polar surface area (TPSA) is 9.23 Å². The predicted molar refractivity (Wildman–Crippen MR) is 38.1 cm³/mol. The van der Waals surface area contributed by atoms with Crippen molar-refractivity contribution in [3.8, 4) is 0 Å². The Hall–Kier alpha value is -0.0400. The maximum Gasteiger partial charge on any atom is 0.0582 e. The Kier molecular flexibility index (Phi) is 2.12. The average molecular weight is 127 g/mol. The summed E-state index contributed by atoms with van der Waals surface area (Å²) < 4.78 is 5.45. The number of hydrogen-bond acceptors (Lipinski definition) is 1. The van der Waals surface area contributed by atoms with Crippen LogP contribution in [0.1, 0.15) is 26.7 Å². The molecule has 1 aliphatic rings. The van der Waals surface area contributed by atoms with Gasteiger partial charge in [-0.15, -0.1) is 0 Å². The highest BCUT2D eigenvalue weighted by Crippen LogP contribution is 2.23. The highest BCUT2D eigenvalue weighted by molar-refractivity contribution is 4.73. The van der Waals surface area contributed by atoms with Crippen molar-refractivity contribution in [3.63, 3.8) is 0 Å². The van der Waals surface area contributed by atoms with E-state index in [1.165, 1.54) is 6.42 Å². The molecule has 0 aliphatic carbocycles. The molecule has 1 rings (SSSR count). The van der Waals surface area contributed by atoms with Crippen LogP contribution in [0.25, 0.3) is 0 Å². The fourth-order valence-corrected chi connectivity index (χ4v) is 1.55. The highest BCUT2D eigenvalue weighted by Gasteiger charge is 2.20. The molecule has 0 aromatic carbocycles. The van der Waals surface area contributed by atoms with Crippen LogP contribution in [0, 0.1) is 12.8 Å². The molecule has 0 saturated carbocycles. The van der Waals surface area contributed by atoms with E-state index in [-0.39, 0.29) is 6.10 Å². The monoisotopic (exact) mass is 127 g/mol. The molecule has 1 radical (unpaired) electrons. The Balaban J connectivity index is 2.34. The Bertz CT molecular complexity index is 65.5. The third kappa shape index (κ3) is 1.98. The van der Waals surface area contributed by atoms with E-state index in [2.05, 4.69) is 20.8 Å². The lowest BCUT2D eigenvalue weighted by Gasteiger charge is -2.29. The van der Waals surface area contributed by atoms with Crippen molar-refractivity contribution >= 4 is 0 Å². The van der Waals surface area contributed by atoms with Gasteiger partial charge in [-0.3, -0.25) is 0 Å². The van der Waals surface area contributed by atoms with Gasteiger partial charge in [-0.05, 0) is 32.6 Å². The van der Waals surface area contributed by atoms with Crippen LogP contribution >= 0.6 is 0 Å². The summed E-state index contributed by atoms with van der Waals surface area (Å²) in [7, 11) is 0. The van der Waals surface area contributed by atoms with Gasteiger partial charge in [0, 0.05) is 0 Å². The Morgan fingerprint density at radius 3 is 2.44 bits per heavy atom. The summed E-state index contributed by atoms with van der Waals surface area (Å²) in [6.07, 6.45) is 3.00. The van der Waals surface area contributed by atoms with Gasteiger partial charge in [-0.1, -0.05) is 6.92 Å². The van der Waals surface area contributed by atoms with Crippen LogP contribution in [0.3, 0.4) is 0 Å². The fourth-order valence-electron chi connectivity index (χ4n) is 1.55. The normalized spacial score (nSPS) is 45.0. The maximum absolute atomic E-state index is 5.45. The summed E-state index contributed by atoms with van der Waals surface area (Å²) in [5, 5.41) is 0. The molecule has 1 aliphatic heterocycles. The molecular weight excluding hydrogens is 112 g/mol. The van der Waals surface area contributed by atoms with E-state index < -0.39 is 0 Å². The largest absolute Gasteiger partial charge is 0.375 e. The highest BCUT2D eigenvalue weighted by atomic mass is 16.5. The predicted octanol–water partition coefficient (Wildman–Crippen LogP) is 2.02. The minimum absolute atomic E-state index is 0.240. The van der Waals surface area contributed by atoms with Crippen molar-refractivity contribution in [2.75, 3.05) is 0 Å². The summed E-state index contributed by atoms with van der Waals surface area (Å²) >= 11 is 0. The van der Waals surface area contributed by atoms with E-state index in [1.807, 2.05) is 0 Å². The molecule has 1 fully saturated rings. The van der Waals surface area contributed by atoms with Gasteiger partial charge in [0.05, 0.1) is 12.2 Å². The van der Waals surface area contributed by atoms with Crippen LogP contribution in [0.15, 0.2) is 0 Å². The molecule has 3 unspecified atom stereocenters. The van der Waals surface area contributed by atoms with Gasteiger partial charge < -0.3 is 4.74 Å². The van der Waals surface area contributed by atoms with Crippen molar-refractivity contribution < 1.29 is 4.74 Å². The van der Waals surface area contributed by atoms with Crippen LogP contribution in [-0.2, 0) is 4.74 Å². The summed E-state index contributed by atoms with van der Waals surface area (Å²) in [6.45, 7) is 8.26. The van der Waals surface area contributed by atoms with Crippen molar-refractivity contribution in [1.82, 2.24) is 0 Å². The Morgan fingerprint density at radius 1 is 1.33 bits per heavy atom. The summed E-state index contributed by atoms with van der Waals surface area (Å²) in [6, 6.07) is 0. The molecule has 0 spiro atoms. The Morgan fingerprint density at radius 2 is 2.00 bits per heavy atom. The van der Waals surface area contributed by atoms with E-state index in [0.29, 0.717) is 6.10 Å². The summed E-state index contributed by atoms with van der Waals surface area (Å²) in [5.74, 6) is 0.802. The van der Waals surface area contributed by atoms with Crippen LogP contribution in [0.5, 0.6) is 0 Å². The molecule has 0 aromatic rings. The van der Waals surface area contributed by atoms with Gasteiger partial charge in [0.25, 0.3) is 0 Å². The van der Waals surface area contributed by atoms with Crippen LogP contribution in [0.2, 0.25) is 0 Å². The number of hydrogen-bond donors (Lipinski definition) is 0. The van der Waals surface area contributed by atoms with Crippen LogP contribution in [-0.4, -0.2) is 12.2 Å². The lowest BCUT2D eigenvalue weighted by molar-refractivity contribution is -0.0355. The van der Waals surface area contributed by atoms with E-state index in [1.54, 1.807) is 0 Å². The fraction of sp³-hybridized carbons (Fsp3) is 0.875. The number of ether oxygens (including phenoxy) is 1. The van der Waals surface area contributed by atoms with Crippen LogP contribution < -0.4 is 0 Å². The first-order chi connectivity index (χ1) is 4.18. The molecule has 0 amide bonds. The van der Waals surface area contributed by atoms with Crippen molar-refractivity contribution in [1.29, 1.82) is 0 Å². The second kappa shape index (κ2) is 2.70. The third-order valence-corrected chi connectivity index (χ3v) is 1.82. The average Bonchev–Trinajstić information content (AvgIpc) is 1.59. The molecule has 53 valence electrons. The minimum Gasteiger partial charge on any atom is -0.375 e. The molecule has 0 aromatic heterocycles. The molecule has 1 saturated heterocycles. The zero-order valence-electron chi connectivity index (χ0n) is 6.26. The first-order valence-electron chi connectivity index (χ1n) is 3.67. The van der Waals surface area contributed by atoms with Gasteiger partial charge in [-0.25, -0.2) is 0 Å². The van der Waals surface area contributed by atoms with Gasteiger partial charge in [0.2, 0.25) is 0 Å². The van der Waals surface area contributed by atoms with E-state index >= 15 is 0 Å². The molecule has 9 heavy (non-hydrogen) atoms. The molecule has 1 heteroatoms. The first-order valence-corrected chi connectivity index (χ1v) is 3.67. The molecule has 0 bridgehead atoms. The molecule has 3 atom stereocenters. The SMILES string of the molecule is [CH2]C1CC(C)CC(C)O1. The van der Waals surface area contributed by atoms with Crippen molar-refractivity contribution in [2.45, 2.75) is 38.9 Å². The minimum atomic E-state index is 0.240. The molecular formula is C8H15O. The molecule has 1 heterocycles. The summed E-state index contributed by atoms with van der Waals surface area (Å²) in [5.41, 5.74) is 0. The van der Waals surface area contributed by atoms with Gasteiger partial charge in [0.15, 0.2) is 0 Å². The standard InChI is InChI=1S/C8H15O/c1-6-4-7(2)9-8(3)5-6/h6-8H,2,4-5H2,1,3H3. The summed E-state index contributed by atoms with van der Waals surface area (Å²) in [4.78, 5) is 0. The zero-order chi connectivity index (χ0) is 6.85. The Labute approximate surface area is 57.4 Å². The van der Waals surface area contributed by atoms with Gasteiger partial charge >= 0.3 is 0 Å². The van der Waals surface area contributed by atoms with Gasteiger partial charge in [0.1, 0.15) is 0 Å². The quantitative estimate of drug-likeness (QED) is 0.483. The molecule has 1 nitrogen and oxygen atoms in total. The maximum atomic E-state index is 5.45. The van der Waals surface area contributed by atoms with E-state index in [9.17, 15) is 0 Å². The zero-order valence-corrected chi connectivity index (χ0v) is 6.26. The van der Waals surface area contributed by atoms with Gasteiger partial charge in [-0.2, -0.15) is 0 Å². The van der Waals surface area contributed by atoms with E-state index in [4.69, 9.17) is 4.74 Å². The number of rotatable bonds is 0. The van der Waals surface area contributed by atoms with Crippen molar-refractivity contribution in [3.05, 3.63) is 6.92 Å². The lowest BCUT2D eigenvalue weighted by Crippen LogP contribution is -2.27. The molecule has 0 N–H and O–H groups in total. The smallest absolute Gasteiger partial charge is 0.0582 e. The second-order valence-corrected chi connectivity index (χ2v) is 3.15. The lowest BCUT2D eigenvalue weighted by atomic mass is 9.95. The first kappa shape index (κ1) is 7.07. The second-order valence-electron chi connectivity index (χ2n) is 3.15. The third-order valence-electron chi connectivity index (χ3n) is 1.82. The van der Waals surface area contributed by atoms with E-state index in [0.717, 1.165) is 12.3 Å². The van der Waals surface area contributed by atoms with Crippen LogP contribution in [0.4, 0.5) is 0 Å². The van der Waals surface area contributed by atoms with Crippen molar-refractivity contribution in [2.24, 2.45) is 5.92 Å².